The number of nitrogens with zero attached hydrogens (tertiary/aromatic N) is 2. The molecule has 1 N–H and O–H groups in total. The highest BCUT2D eigenvalue weighted by Crippen LogP contribution is 2.27. The number of carbonyl (C=O) groups is 1. The summed E-state index contributed by atoms with van der Waals surface area (Å²) in [6.07, 6.45) is 3.72. The van der Waals surface area contributed by atoms with Crippen LogP contribution in [0.3, 0.4) is 0 Å². The summed E-state index contributed by atoms with van der Waals surface area (Å²) in [6, 6.07) is 4.69. The van der Waals surface area contributed by atoms with Crippen LogP contribution < -0.4 is 0 Å². The molecule has 0 fully saturated rings. The summed E-state index contributed by atoms with van der Waals surface area (Å²) in [6.45, 7) is 0. The summed E-state index contributed by atoms with van der Waals surface area (Å²) < 4.78 is 5.61. The number of aromatic nitrogens is 1. The van der Waals surface area contributed by atoms with E-state index in [0.29, 0.717) is 5.75 Å². The van der Waals surface area contributed by atoms with Crippen molar-refractivity contribution in [2.45, 2.75) is 6.04 Å². The molecule has 0 spiro atoms. The normalized spacial score (nSPS) is 18.3. The quantitative estimate of drug-likeness (QED) is 0.880. The van der Waals surface area contributed by atoms with Crippen LogP contribution >= 0.6 is 23.1 Å². The molecule has 5 nitrogen and oxygen atoms in total. The first-order valence-corrected chi connectivity index (χ1v) is 8.02. The number of rotatable bonds is 3. The summed E-state index contributed by atoms with van der Waals surface area (Å²) in [5.41, 5.74) is 0.853. The Labute approximate surface area is 129 Å². The largest absolute Gasteiger partial charge is 0.508 e. The van der Waals surface area contributed by atoms with E-state index in [1.165, 1.54) is 30.2 Å². The molecule has 0 aliphatic carbocycles. The molecule has 7 heteroatoms. The van der Waals surface area contributed by atoms with Crippen LogP contribution in [0.15, 0.2) is 29.3 Å². The van der Waals surface area contributed by atoms with Crippen LogP contribution in [-0.4, -0.2) is 40.0 Å². The number of aromatic hydroxyl groups is 1. The monoisotopic (exact) mass is 320 g/mol. The summed E-state index contributed by atoms with van der Waals surface area (Å²) in [4.78, 5) is 20.1. The lowest BCUT2D eigenvalue weighted by atomic mass is 10.3. The fourth-order valence-electron chi connectivity index (χ4n) is 1.89. The number of phenolic OH excluding ortho intramolecular Hbond substituents is 1. The maximum atomic E-state index is 11.4. The summed E-state index contributed by atoms with van der Waals surface area (Å²) >= 11 is 3.01. The van der Waals surface area contributed by atoms with E-state index >= 15 is 0 Å². The Bertz CT molecular complexity index is 752. The molecule has 2 aromatic rings. The van der Waals surface area contributed by atoms with Gasteiger partial charge in [-0.25, -0.2) is 9.78 Å². The second-order valence-corrected chi connectivity index (χ2v) is 6.46. The van der Waals surface area contributed by atoms with Crippen molar-refractivity contribution in [1.29, 1.82) is 0 Å². The standard InChI is InChI=1S/C14H12N2O3S2/c1-19-14(18)10-7-20-12(16-10)4-5-13-15-9-3-2-8(17)6-11(9)21-13/h2-6,10,17H,7H2,1H3. The molecule has 1 atom stereocenters. The number of benzene rings is 1. The van der Waals surface area contributed by atoms with Gasteiger partial charge in [0.05, 0.1) is 22.4 Å². The number of esters is 1. The predicted octanol–water partition coefficient (Wildman–Crippen LogP) is 2.70. The maximum absolute atomic E-state index is 11.4. The first-order chi connectivity index (χ1) is 10.2. The Morgan fingerprint density at radius 2 is 2.33 bits per heavy atom. The number of carbonyl (C=O) groups excluding carboxylic acids is 1. The third kappa shape index (κ3) is 3.08. The van der Waals surface area contributed by atoms with Crippen molar-refractivity contribution in [1.82, 2.24) is 4.98 Å². The summed E-state index contributed by atoms with van der Waals surface area (Å²) in [5.74, 6) is 0.541. The number of hydrogen-bond donors (Lipinski definition) is 1. The van der Waals surface area contributed by atoms with E-state index in [1.807, 2.05) is 12.2 Å². The molecule has 3 rings (SSSR count). The van der Waals surface area contributed by atoms with Gasteiger partial charge in [-0.2, -0.15) is 0 Å². The number of thioether (sulfide) groups is 1. The van der Waals surface area contributed by atoms with Gasteiger partial charge in [0.1, 0.15) is 10.8 Å². The highest BCUT2D eigenvalue weighted by Gasteiger charge is 2.24. The van der Waals surface area contributed by atoms with E-state index in [2.05, 4.69) is 14.7 Å². The molecule has 0 radical (unpaired) electrons. The average Bonchev–Trinajstić information content (AvgIpc) is 3.10. The van der Waals surface area contributed by atoms with Crippen molar-refractivity contribution in [3.63, 3.8) is 0 Å². The van der Waals surface area contributed by atoms with Crippen LogP contribution in [0.4, 0.5) is 0 Å². The molecule has 1 aliphatic heterocycles. The highest BCUT2D eigenvalue weighted by atomic mass is 32.2. The molecule has 21 heavy (non-hydrogen) atoms. The van der Waals surface area contributed by atoms with Gasteiger partial charge in [-0.15, -0.1) is 23.1 Å². The van der Waals surface area contributed by atoms with Gasteiger partial charge in [-0.3, -0.25) is 4.99 Å². The Hall–Kier alpha value is -1.86. The van der Waals surface area contributed by atoms with Gasteiger partial charge in [-0.1, -0.05) is 0 Å². The number of fused-ring (bicyclic) bond motifs is 1. The number of methoxy groups -OCH3 is 1. The van der Waals surface area contributed by atoms with Crippen LogP contribution in [0.1, 0.15) is 5.01 Å². The van der Waals surface area contributed by atoms with Crippen molar-refractivity contribution in [2.24, 2.45) is 4.99 Å². The molecule has 108 valence electrons. The molecule has 1 aromatic carbocycles. The zero-order valence-electron chi connectivity index (χ0n) is 11.1. The summed E-state index contributed by atoms with van der Waals surface area (Å²) in [5, 5.41) is 11.1. The minimum Gasteiger partial charge on any atom is -0.508 e. The van der Waals surface area contributed by atoms with Crippen molar-refractivity contribution in [3.05, 3.63) is 29.3 Å². The van der Waals surface area contributed by atoms with Gasteiger partial charge in [0, 0.05) is 5.75 Å². The second kappa shape index (κ2) is 5.87. The smallest absolute Gasteiger partial charge is 0.331 e. The lowest BCUT2D eigenvalue weighted by molar-refractivity contribution is -0.141. The Morgan fingerprint density at radius 3 is 3.14 bits per heavy atom. The molecule has 0 saturated carbocycles. The SMILES string of the molecule is COC(=O)C1CSC(C=Cc2nc3ccc(O)cc3s2)=N1. The van der Waals surface area contributed by atoms with E-state index in [1.54, 1.807) is 18.2 Å². The molecule has 1 aliphatic rings. The van der Waals surface area contributed by atoms with Gasteiger partial charge in [0.15, 0.2) is 6.04 Å². The number of phenols is 1. The molecule has 0 saturated heterocycles. The zero-order valence-corrected chi connectivity index (χ0v) is 12.8. The number of ether oxygens (including phenoxy) is 1. The second-order valence-electron chi connectivity index (χ2n) is 4.35. The lowest BCUT2D eigenvalue weighted by Gasteiger charge is -2.00. The third-order valence-electron chi connectivity index (χ3n) is 2.90. The minimum absolute atomic E-state index is 0.235. The van der Waals surface area contributed by atoms with Gasteiger partial charge in [-0.05, 0) is 30.4 Å². The molecule has 2 heterocycles. The number of aliphatic imine (C=N–C) groups is 1. The van der Waals surface area contributed by atoms with Crippen LogP contribution in [0.25, 0.3) is 16.3 Å². The maximum Gasteiger partial charge on any atom is 0.331 e. The van der Waals surface area contributed by atoms with Crippen molar-refractivity contribution in [3.8, 4) is 5.75 Å². The highest BCUT2D eigenvalue weighted by molar-refractivity contribution is 8.14. The molecular weight excluding hydrogens is 308 g/mol. The summed E-state index contributed by atoms with van der Waals surface area (Å²) in [7, 11) is 1.37. The van der Waals surface area contributed by atoms with Gasteiger partial charge < -0.3 is 9.84 Å². The number of thiazole rings is 1. The van der Waals surface area contributed by atoms with E-state index in [-0.39, 0.29) is 11.7 Å². The van der Waals surface area contributed by atoms with E-state index in [4.69, 9.17) is 0 Å². The lowest BCUT2D eigenvalue weighted by Crippen LogP contribution is -2.19. The molecular formula is C14H12N2O3S2. The van der Waals surface area contributed by atoms with Crippen molar-refractivity contribution < 1.29 is 14.6 Å². The fourth-order valence-corrected chi connectivity index (χ4v) is 3.69. The number of hydrogen-bond acceptors (Lipinski definition) is 7. The van der Waals surface area contributed by atoms with E-state index < -0.39 is 6.04 Å². The molecule has 0 bridgehead atoms. The first-order valence-electron chi connectivity index (χ1n) is 6.22. The Kier molecular flexibility index (Phi) is 3.94. The van der Waals surface area contributed by atoms with Crippen LogP contribution in [0.2, 0.25) is 0 Å². The average molecular weight is 320 g/mol. The molecule has 0 amide bonds. The van der Waals surface area contributed by atoms with Crippen LogP contribution in [0.5, 0.6) is 5.75 Å². The fraction of sp³-hybridized carbons (Fsp3) is 0.214. The van der Waals surface area contributed by atoms with Gasteiger partial charge in [0.25, 0.3) is 0 Å². The van der Waals surface area contributed by atoms with Crippen LogP contribution in [-0.2, 0) is 9.53 Å². The van der Waals surface area contributed by atoms with Gasteiger partial charge in [0.2, 0.25) is 0 Å². The van der Waals surface area contributed by atoms with Crippen molar-refractivity contribution in [2.75, 3.05) is 12.9 Å². The van der Waals surface area contributed by atoms with Crippen LogP contribution in [0, 0.1) is 0 Å². The third-order valence-corrected chi connectivity index (χ3v) is 4.91. The van der Waals surface area contributed by atoms with Gasteiger partial charge >= 0.3 is 5.97 Å². The van der Waals surface area contributed by atoms with E-state index in [0.717, 1.165) is 20.3 Å². The molecule has 1 aromatic heterocycles. The molecule has 1 unspecified atom stereocenters. The Balaban J connectivity index is 1.77. The first kappa shape index (κ1) is 14.1. The minimum atomic E-state index is -0.410. The zero-order chi connectivity index (χ0) is 14.8. The van der Waals surface area contributed by atoms with Crippen molar-refractivity contribution >= 4 is 50.4 Å². The predicted molar refractivity (Wildman–Crippen MR) is 86.0 cm³/mol. The van der Waals surface area contributed by atoms with E-state index in [9.17, 15) is 9.90 Å². The topological polar surface area (TPSA) is 71.8 Å². The Morgan fingerprint density at radius 1 is 1.48 bits per heavy atom.